The van der Waals surface area contributed by atoms with Crippen LogP contribution in [-0.2, 0) is 25.4 Å². The van der Waals surface area contributed by atoms with E-state index in [9.17, 15) is 9.59 Å². The molecular formula is C15H26N4O3. The Labute approximate surface area is 130 Å². The molecule has 1 aliphatic rings. The fourth-order valence-corrected chi connectivity index (χ4v) is 2.91. The second-order valence-electron chi connectivity index (χ2n) is 5.99. The molecule has 1 atom stereocenters. The Morgan fingerprint density at radius 2 is 1.95 bits per heavy atom. The zero-order chi connectivity index (χ0) is 16.3. The molecule has 1 unspecified atom stereocenters. The smallest absolute Gasteiger partial charge is 0.330 e. The molecule has 7 heteroatoms. The Morgan fingerprint density at radius 3 is 2.59 bits per heavy atom. The molecule has 1 aromatic heterocycles. The van der Waals surface area contributed by atoms with Crippen LogP contribution in [0, 0.1) is 0 Å². The summed E-state index contributed by atoms with van der Waals surface area (Å²) in [5, 5.41) is 0. The Morgan fingerprint density at radius 1 is 1.23 bits per heavy atom. The van der Waals surface area contributed by atoms with Gasteiger partial charge in [0.15, 0.2) is 0 Å². The number of methoxy groups -OCH3 is 1. The van der Waals surface area contributed by atoms with Crippen molar-refractivity contribution >= 4 is 0 Å². The van der Waals surface area contributed by atoms with Crippen LogP contribution in [0.15, 0.2) is 15.7 Å². The summed E-state index contributed by atoms with van der Waals surface area (Å²) in [6, 6.07) is 2.00. The molecule has 0 spiro atoms. The number of hydrogen-bond acceptors (Lipinski definition) is 5. The number of nitrogens with zero attached hydrogens (tertiary/aromatic N) is 4. The molecule has 22 heavy (non-hydrogen) atoms. The van der Waals surface area contributed by atoms with Crippen LogP contribution in [0.2, 0.25) is 0 Å². The van der Waals surface area contributed by atoms with Gasteiger partial charge in [0.2, 0.25) is 0 Å². The molecule has 2 heterocycles. The lowest BCUT2D eigenvalue weighted by molar-refractivity contribution is 0.0546. The van der Waals surface area contributed by atoms with E-state index in [1.54, 1.807) is 24.8 Å². The van der Waals surface area contributed by atoms with Gasteiger partial charge in [0, 0.05) is 71.7 Å². The molecule has 124 valence electrons. The molecule has 1 aromatic rings. The van der Waals surface area contributed by atoms with Gasteiger partial charge in [-0.2, -0.15) is 0 Å². The number of ether oxygens (including phenoxy) is 1. The van der Waals surface area contributed by atoms with Gasteiger partial charge in [0.1, 0.15) is 0 Å². The monoisotopic (exact) mass is 310 g/mol. The van der Waals surface area contributed by atoms with Gasteiger partial charge in [0.05, 0.1) is 6.61 Å². The van der Waals surface area contributed by atoms with Crippen LogP contribution in [-0.4, -0.2) is 64.9 Å². The number of hydrogen-bond donors (Lipinski definition) is 0. The zero-order valence-electron chi connectivity index (χ0n) is 13.9. The lowest BCUT2D eigenvalue weighted by atomic mass is 10.2. The highest BCUT2D eigenvalue weighted by Crippen LogP contribution is 2.11. The zero-order valence-corrected chi connectivity index (χ0v) is 13.9. The van der Waals surface area contributed by atoms with Gasteiger partial charge in [-0.15, -0.1) is 0 Å². The third kappa shape index (κ3) is 3.66. The average molecular weight is 310 g/mol. The molecule has 0 bridgehead atoms. The van der Waals surface area contributed by atoms with Crippen molar-refractivity contribution in [2.24, 2.45) is 14.1 Å². The van der Waals surface area contributed by atoms with E-state index in [0.29, 0.717) is 12.6 Å². The second kappa shape index (κ2) is 7.21. The Bertz CT molecular complexity index is 622. The standard InChI is InChI=1S/C15H26N4O3/c1-12-10-18(5-6-19(12)7-8-22-4)11-13-9-14(20)17(3)15(21)16(13)2/h9,12H,5-8,10-11H2,1-4H3. The molecular weight excluding hydrogens is 284 g/mol. The van der Waals surface area contributed by atoms with Crippen molar-refractivity contribution in [1.82, 2.24) is 18.9 Å². The summed E-state index contributed by atoms with van der Waals surface area (Å²) in [6.45, 7) is 7.34. The van der Waals surface area contributed by atoms with Gasteiger partial charge in [-0.05, 0) is 6.92 Å². The minimum atomic E-state index is -0.269. The van der Waals surface area contributed by atoms with Crippen molar-refractivity contribution < 1.29 is 4.74 Å². The maximum absolute atomic E-state index is 12.0. The molecule has 0 saturated carbocycles. The fraction of sp³-hybridized carbons (Fsp3) is 0.733. The van der Waals surface area contributed by atoms with E-state index < -0.39 is 0 Å². The average Bonchev–Trinajstić information content (AvgIpc) is 2.50. The van der Waals surface area contributed by atoms with Gasteiger partial charge in [-0.1, -0.05) is 0 Å². The molecule has 1 fully saturated rings. The van der Waals surface area contributed by atoms with E-state index in [1.807, 2.05) is 0 Å². The summed E-state index contributed by atoms with van der Waals surface area (Å²) in [7, 11) is 4.94. The van der Waals surface area contributed by atoms with Crippen molar-refractivity contribution in [3.8, 4) is 0 Å². The summed E-state index contributed by atoms with van der Waals surface area (Å²) in [5.41, 5.74) is 0.254. The van der Waals surface area contributed by atoms with Crippen LogP contribution < -0.4 is 11.2 Å². The lowest BCUT2D eigenvalue weighted by Crippen LogP contribution is -2.52. The molecule has 0 aromatic carbocycles. The predicted octanol–water partition coefficient (Wildman–Crippen LogP) is -0.763. The molecule has 7 nitrogen and oxygen atoms in total. The summed E-state index contributed by atoms with van der Waals surface area (Å²) >= 11 is 0. The van der Waals surface area contributed by atoms with E-state index >= 15 is 0 Å². The first-order valence-electron chi connectivity index (χ1n) is 7.65. The first-order chi connectivity index (χ1) is 10.4. The maximum atomic E-state index is 12.0. The summed E-state index contributed by atoms with van der Waals surface area (Å²) < 4.78 is 7.83. The van der Waals surface area contributed by atoms with Gasteiger partial charge >= 0.3 is 5.69 Å². The minimum absolute atomic E-state index is 0.245. The largest absolute Gasteiger partial charge is 0.383 e. The van der Waals surface area contributed by atoms with Crippen LogP contribution >= 0.6 is 0 Å². The van der Waals surface area contributed by atoms with Crippen LogP contribution in [0.1, 0.15) is 12.6 Å². The van der Waals surface area contributed by atoms with Crippen molar-refractivity contribution in [1.29, 1.82) is 0 Å². The molecule has 1 saturated heterocycles. The first kappa shape index (κ1) is 16.9. The summed E-state index contributed by atoms with van der Waals surface area (Å²) in [4.78, 5) is 28.5. The third-order valence-corrected chi connectivity index (χ3v) is 4.44. The second-order valence-corrected chi connectivity index (χ2v) is 5.99. The van der Waals surface area contributed by atoms with Crippen molar-refractivity contribution in [3.05, 3.63) is 32.6 Å². The summed E-state index contributed by atoms with van der Waals surface area (Å²) in [5.74, 6) is 0. The maximum Gasteiger partial charge on any atom is 0.330 e. The van der Waals surface area contributed by atoms with Gasteiger partial charge in [0.25, 0.3) is 5.56 Å². The molecule has 0 N–H and O–H groups in total. The van der Waals surface area contributed by atoms with Crippen LogP contribution in [0.4, 0.5) is 0 Å². The number of aromatic nitrogens is 2. The molecule has 2 rings (SSSR count). The Hall–Kier alpha value is -1.44. The van der Waals surface area contributed by atoms with Crippen molar-refractivity contribution in [3.63, 3.8) is 0 Å². The van der Waals surface area contributed by atoms with E-state index in [-0.39, 0.29) is 11.2 Å². The molecule has 0 aliphatic carbocycles. The number of rotatable bonds is 5. The SMILES string of the molecule is COCCN1CCN(Cc2cc(=O)n(C)c(=O)n2C)CC1C. The van der Waals surface area contributed by atoms with Gasteiger partial charge < -0.3 is 4.74 Å². The van der Waals surface area contributed by atoms with Gasteiger partial charge in [-0.3, -0.25) is 23.7 Å². The fourth-order valence-electron chi connectivity index (χ4n) is 2.91. The van der Waals surface area contributed by atoms with Crippen LogP contribution in [0.25, 0.3) is 0 Å². The highest BCUT2D eigenvalue weighted by Gasteiger charge is 2.23. The first-order valence-corrected chi connectivity index (χ1v) is 7.65. The predicted molar refractivity (Wildman–Crippen MR) is 85.1 cm³/mol. The van der Waals surface area contributed by atoms with Gasteiger partial charge in [-0.25, -0.2) is 4.79 Å². The Kier molecular flexibility index (Phi) is 5.55. The quantitative estimate of drug-likeness (QED) is 0.715. The van der Waals surface area contributed by atoms with E-state index in [0.717, 1.165) is 43.0 Å². The van der Waals surface area contributed by atoms with Crippen LogP contribution in [0.5, 0.6) is 0 Å². The third-order valence-electron chi connectivity index (χ3n) is 4.44. The molecule has 0 radical (unpaired) electrons. The van der Waals surface area contributed by atoms with Crippen molar-refractivity contribution in [2.75, 3.05) is 39.9 Å². The van der Waals surface area contributed by atoms with E-state index in [4.69, 9.17) is 4.74 Å². The lowest BCUT2D eigenvalue weighted by Gasteiger charge is -2.39. The molecule has 0 amide bonds. The normalized spacial score (nSPS) is 20.5. The van der Waals surface area contributed by atoms with Crippen molar-refractivity contribution in [2.45, 2.75) is 19.5 Å². The number of piperazine rings is 1. The highest BCUT2D eigenvalue weighted by molar-refractivity contribution is 5.02. The topological polar surface area (TPSA) is 59.7 Å². The van der Waals surface area contributed by atoms with Crippen LogP contribution in [0.3, 0.4) is 0 Å². The minimum Gasteiger partial charge on any atom is -0.383 e. The summed E-state index contributed by atoms with van der Waals surface area (Å²) in [6.07, 6.45) is 0. The highest BCUT2D eigenvalue weighted by atomic mass is 16.5. The van der Waals surface area contributed by atoms with E-state index in [1.165, 1.54) is 7.05 Å². The molecule has 1 aliphatic heterocycles. The Balaban J connectivity index is 2.04. The van der Waals surface area contributed by atoms with E-state index in [2.05, 4.69) is 16.7 Å².